The van der Waals surface area contributed by atoms with Crippen LogP contribution in [0.15, 0.2) is 120 Å². The van der Waals surface area contributed by atoms with E-state index in [0.717, 1.165) is 23.3 Å². The van der Waals surface area contributed by atoms with E-state index in [-0.39, 0.29) is 17.9 Å². The molecule has 5 nitrogen and oxygen atoms in total. The van der Waals surface area contributed by atoms with Gasteiger partial charge < -0.3 is 5.32 Å². The molecule has 0 aliphatic rings. The van der Waals surface area contributed by atoms with Crippen LogP contribution in [0.1, 0.15) is 27.2 Å². The molecule has 40 heavy (non-hydrogen) atoms. The Kier molecular flexibility index (Phi) is 7.68. The van der Waals surface area contributed by atoms with Gasteiger partial charge in [0, 0.05) is 12.1 Å². The van der Waals surface area contributed by atoms with Crippen molar-refractivity contribution in [1.29, 1.82) is 0 Å². The SMILES string of the molecule is O=C(NCCc1ccccc1)c1c(-c2ccc(C(F)(F)F)cc2)n(Cc2ccccc2)c(=O)n1-c1ccccc1. The van der Waals surface area contributed by atoms with Crippen LogP contribution in [0.4, 0.5) is 13.2 Å². The van der Waals surface area contributed by atoms with Gasteiger partial charge in [0.2, 0.25) is 0 Å². The molecule has 0 spiro atoms. The quantitative estimate of drug-likeness (QED) is 0.249. The average Bonchev–Trinajstić information content (AvgIpc) is 3.26. The van der Waals surface area contributed by atoms with Gasteiger partial charge in [-0.15, -0.1) is 0 Å². The molecule has 1 amide bonds. The number of para-hydroxylation sites is 1. The van der Waals surface area contributed by atoms with Crippen molar-refractivity contribution in [2.24, 2.45) is 0 Å². The minimum Gasteiger partial charge on any atom is -0.350 e. The molecule has 0 saturated heterocycles. The average molecular weight is 542 g/mol. The maximum absolute atomic E-state index is 14.0. The van der Waals surface area contributed by atoms with Gasteiger partial charge in [0.25, 0.3) is 5.91 Å². The molecule has 8 heteroatoms. The van der Waals surface area contributed by atoms with Crippen molar-refractivity contribution in [2.75, 3.05) is 6.54 Å². The number of hydrogen-bond donors (Lipinski definition) is 1. The third-order valence-corrected chi connectivity index (χ3v) is 6.58. The van der Waals surface area contributed by atoms with Crippen LogP contribution in [0, 0.1) is 0 Å². The van der Waals surface area contributed by atoms with E-state index in [1.807, 2.05) is 60.7 Å². The van der Waals surface area contributed by atoms with Gasteiger partial charge in [-0.1, -0.05) is 91.0 Å². The summed E-state index contributed by atoms with van der Waals surface area (Å²) in [5.74, 6) is -0.501. The summed E-state index contributed by atoms with van der Waals surface area (Å²) >= 11 is 0. The normalized spacial score (nSPS) is 11.4. The molecule has 0 unspecified atom stereocenters. The number of hydrogen-bond acceptors (Lipinski definition) is 2. The first-order chi connectivity index (χ1) is 19.3. The lowest BCUT2D eigenvalue weighted by atomic mass is 10.1. The molecule has 4 aromatic carbocycles. The van der Waals surface area contributed by atoms with E-state index in [2.05, 4.69) is 5.32 Å². The van der Waals surface area contributed by atoms with E-state index >= 15 is 0 Å². The molecule has 0 aliphatic carbocycles. The lowest BCUT2D eigenvalue weighted by Gasteiger charge is -2.13. The topological polar surface area (TPSA) is 56.0 Å². The fourth-order valence-electron chi connectivity index (χ4n) is 4.64. The zero-order chi connectivity index (χ0) is 28.1. The predicted octanol–water partition coefficient (Wildman–Crippen LogP) is 6.35. The van der Waals surface area contributed by atoms with E-state index in [1.165, 1.54) is 21.3 Å². The van der Waals surface area contributed by atoms with Crippen molar-refractivity contribution in [3.05, 3.63) is 148 Å². The predicted molar refractivity (Wildman–Crippen MR) is 148 cm³/mol. The van der Waals surface area contributed by atoms with Crippen molar-refractivity contribution in [2.45, 2.75) is 19.1 Å². The fourth-order valence-corrected chi connectivity index (χ4v) is 4.64. The molecular formula is C32H26F3N3O2. The summed E-state index contributed by atoms with van der Waals surface area (Å²) in [6.07, 6.45) is -3.95. The van der Waals surface area contributed by atoms with Crippen LogP contribution in [0.3, 0.4) is 0 Å². The Morgan fingerprint density at radius 2 is 1.27 bits per heavy atom. The minimum atomic E-state index is -4.52. The lowest BCUT2D eigenvalue weighted by Crippen LogP contribution is -2.30. The van der Waals surface area contributed by atoms with Crippen LogP contribution >= 0.6 is 0 Å². The number of carbonyl (C=O) groups excluding carboxylic acids is 1. The number of imidazole rings is 1. The van der Waals surface area contributed by atoms with Crippen molar-refractivity contribution < 1.29 is 18.0 Å². The Bertz CT molecular complexity index is 1640. The van der Waals surface area contributed by atoms with Gasteiger partial charge in [-0.05, 0) is 41.8 Å². The minimum absolute atomic E-state index is 0.0555. The number of nitrogens with one attached hydrogen (secondary N) is 1. The second-order valence-electron chi connectivity index (χ2n) is 9.29. The molecule has 0 saturated carbocycles. The molecule has 0 aliphatic heterocycles. The van der Waals surface area contributed by atoms with Crippen LogP contribution in [-0.4, -0.2) is 21.6 Å². The highest BCUT2D eigenvalue weighted by Crippen LogP contribution is 2.32. The van der Waals surface area contributed by atoms with E-state index in [1.54, 1.807) is 30.3 Å². The Labute approximate surface area is 229 Å². The van der Waals surface area contributed by atoms with Crippen LogP contribution in [0.5, 0.6) is 0 Å². The Balaban J connectivity index is 1.66. The highest BCUT2D eigenvalue weighted by atomic mass is 19.4. The maximum Gasteiger partial charge on any atom is 0.416 e. The largest absolute Gasteiger partial charge is 0.416 e. The third-order valence-electron chi connectivity index (χ3n) is 6.58. The standard InChI is InChI=1S/C32H26F3N3O2/c33-32(34,35)26-18-16-25(17-19-26)28-29(30(39)36-21-20-23-10-4-1-5-11-23)38(27-14-8-3-9-15-27)31(40)37(28)22-24-12-6-2-7-13-24/h1-19H,20-22H2,(H,36,39). The van der Waals surface area contributed by atoms with Gasteiger partial charge in [-0.3, -0.25) is 13.9 Å². The number of benzene rings is 4. The van der Waals surface area contributed by atoms with Gasteiger partial charge in [-0.25, -0.2) is 4.79 Å². The molecule has 202 valence electrons. The zero-order valence-electron chi connectivity index (χ0n) is 21.4. The van der Waals surface area contributed by atoms with Gasteiger partial charge in [0.1, 0.15) is 5.69 Å². The van der Waals surface area contributed by atoms with Crippen molar-refractivity contribution in [3.63, 3.8) is 0 Å². The molecule has 5 rings (SSSR count). The molecule has 1 heterocycles. The van der Waals surface area contributed by atoms with Crippen molar-refractivity contribution in [3.8, 4) is 16.9 Å². The maximum atomic E-state index is 14.0. The van der Waals surface area contributed by atoms with E-state index in [4.69, 9.17) is 0 Å². The molecular weight excluding hydrogens is 515 g/mol. The molecule has 1 N–H and O–H groups in total. The second-order valence-corrected chi connectivity index (χ2v) is 9.29. The molecule has 0 atom stereocenters. The molecule has 0 bridgehead atoms. The summed E-state index contributed by atoms with van der Waals surface area (Å²) < 4.78 is 42.8. The van der Waals surface area contributed by atoms with E-state index in [0.29, 0.717) is 24.2 Å². The summed E-state index contributed by atoms with van der Waals surface area (Å²) in [6, 6.07) is 32.1. The van der Waals surface area contributed by atoms with Crippen LogP contribution < -0.4 is 11.0 Å². The van der Waals surface area contributed by atoms with Crippen LogP contribution in [-0.2, 0) is 19.1 Å². The van der Waals surface area contributed by atoms with Crippen LogP contribution in [0.25, 0.3) is 16.9 Å². The first-order valence-corrected chi connectivity index (χ1v) is 12.8. The van der Waals surface area contributed by atoms with E-state index in [9.17, 15) is 22.8 Å². The number of aromatic nitrogens is 2. The highest BCUT2D eigenvalue weighted by Gasteiger charge is 2.31. The zero-order valence-corrected chi connectivity index (χ0v) is 21.4. The number of halogens is 3. The lowest BCUT2D eigenvalue weighted by molar-refractivity contribution is -0.137. The summed E-state index contributed by atoms with van der Waals surface area (Å²) in [5, 5.41) is 2.92. The second kappa shape index (κ2) is 11.5. The highest BCUT2D eigenvalue weighted by molar-refractivity contribution is 5.99. The van der Waals surface area contributed by atoms with Crippen LogP contribution in [0.2, 0.25) is 0 Å². The monoisotopic (exact) mass is 541 g/mol. The third kappa shape index (κ3) is 5.76. The van der Waals surface area contributed by atoms with Gasteiger partial charge >= 0.3 is 11.9 Å². The fraction of sp³-hybridized carbons (Fsp3) is 0.125. The summed E-state index contributed by atoms with van der Waals surface area (Å²) in [4.78, 5) is 27.8. The number of alkyl halides is 3. The summed E-state index contributed by atoms with van der Waals surface area (Å²) in [7, 11) is 0. The van der Waals surface area contributed by atoms with Gasteiger partial charge in [0.05, 0.1) is 23.5 Å². The number of nitrogens with zero attached hydrogens (tertiary/aromatic N) is 2. The summed E-state index contributed by atoms with van der Waals surface area (Å²) in [5.41, 5.74) is 1.64. The van der Waals surface area contributed by atoms with Gasteiger partial charge in [0.15, 0.2) is 0 Å². The van der Waals surface area contributed by atoms with Crippen molar-refractivity contribution >= 4 is 5.91 Å². The number of rotatable bonds is 8. The Morgan fingerprint density at radius 1 is 0.725 bits per heavy atom. The summed E-state index contributed by atoms with van der Waals surface area (Å²) in [6.45, 7) is 0.433. The first kappa shape index (κ1) is 26.7. The molecule has 5 aromatic rings. The smallest absolute Gasteiger partial charge is 0.350 e. The van der Waals surface area contributed by atoms with Gasteiger partial charge in [-0.2, -0.15) is 13.2 Å². The number of carbonyl (C=O) groups is 1. The molecule has 1 aromatic heterocycles. The van der Waals surface area contributed by atoms with Crippen molar-refractivity contribution in [1.82, 2.24) is 14.5 Å². The Morgan fingerprint density at radius 3 is 1.85 bits per heavy atom. The number of amides is 1. The molecule has 0 radical (unpaired) electrons. The van der Waals surface area contributed by atoms with E-state index < -0.39 is 23.3 Å². The molecule has 0 fully saturated rings. The first-order valence-electron chi connectivity index (χ1n) is 12.8. The Hall–Kier alpha value is -4.85.